The molecule has 30 heavy (non-hydrogen) atoms. The van der Waals surface area contributed by atoms with Crippen LogP contribution in [-0.2, 0) is 0 Å². The van der Waals surface area contributed by atoms with Crippen molar-refractivity contribution in [1.82, 2.24) is 14.5 Å². The molecule has 2 aliphatic rings. The van der Waals surface area contributed by atoms with Crippen LogP contribution in [0.3, 0.4) is 0 Å². The van der Waals surface area contributed by atoms with Gasteiger partial charge in [-0.25, -0.2) is 16.5 Å². The summed E-state index contributed by atoms with van der Waals surface area (Å²) in [5.74, 6) is 1.87. The van der Waals surface area contributed by atoms with Crippen molar-refractivity contribution in [3.05, 3.63) is 56.7 Å². The first-order valence-corrected chi connectivity index (χ1v) is 11.4. The van der Waals surface area contributed by atoms with Gasteiger partial charge in [0.1, 0.15) is 11.6 Å². The van der Waals surface area contributed by atoms with Gasteiger partial charge >= 0.3 is 0 Å². The highest BCUT2D eigenvalue weighted by Gasteiger charge is 2.44. The number of hydrogen-bond donors (Lipinski definition) is 0. The van der Waals surface area contributed by atoms with E-state index in [1.807, 2.05) is 6.92 Å². The molecule has 5 rings (SSSR count). The highest BCUT2D eigenvalue weighted by atomic mass is 79.9. The molecule has 3 aromatic rings. The molecule has 2 bridgehead atoms. The lowest BCUT2D eigenvalue weighted by atomic mass is 9.97. The summed E-state index contributed by atoms with van der Waals surface area (Å²) in [5.41, 5.74) is 5.81. The summed E-state index contributed by atoms with van der Waals surface area (Å²) in [7, 11) is 0. The quantitative estimate of drug-likeness (QED) is 0.448. The van der Waals surface area contributed by atoms with Crippen LogP contribution in [-0.4, -0.2) is 32.7 Å². The standard InChI is InChI=1S/C24H26BrN5/c1-13-8-17(25)9-14(2)22(13)29-12-15(3)21-23(29)27-16(4)28-24(21)30-19-6-7-20(30)11-18(10-19)26-5/h8-9,12,18-20H,6-7,10-11H2,1-4H3. The third-order valence-electron chi connectivity index (χ3n) is 6.76. The lowest BCUT2D eigenvalue weighted by Crippen LogP contribution is -2.44. The van der Waals surface area contributed by atoms with Crippen molar-refractivity contribution in [3.8, 4) is 5.69 Å². The third-order valence-corrected chi connectivity index (χ3v) is 7.22. The average molecular weight is 464 g/mol. The molecular weight excluding hydrogens is 438 g/mol. The molecule has 5 nitrogen and oxygen atoms in total. The van der Waals surface area contributed by atoms with E-state index in [1.165, 1.54) is 22.4 Å². The summed E-state index contributed by atoms with van der Waals surface area (Å²) in [6.07, 6.45) is 6.43. The number of rotatable bonds is 2. The minimum absolute atomic E-state index is 0.163. The van der Waals surface area contributed by atoms with Gasteiger partial charge < -0.3 is 14.3 Å². The van der Waals surface area contributed by atoms with Gasteiger partial charge in [0.2, 0.25) is 6.04 Å². The van der Waals surface area contributed by atoms with Crippen molar-refractivity contribution in [2.75, 3.05) is 4.90 Å². The van der Waals surface area contributed by atoms with E-state index in [9.17, 15) is 0 Å². The number of benzene rings is 1. The average Bonchev–Trinajstić information content (AvgIpc) is 3.13. The van der Waals surface area contributed by atoms with Crippen LogP contribution < -0.4 is 4.90 Å². The first-order valence-electron chi connectivity index (χ1n) is 10.7. The van der Waals surface area contributed by atoms with Crippen LogP contribution in [0.5, 0.6) is 0 Å². The van der Waals surface area contributed by atoms with Crippen LogP contribution in [0.4, 0.5) is 5.82 Å². The summed E-state index contributed by atoms with van der Waals surface area (Å²) in [4.78, 5) is 16.3. The number of fused-ring (bicyclic) bond motifs is 3. The van der Waals surface area contributed by atoms with Crippen molar-refractivity contribution >= 4 is 32.8 Å². The van der Waals surface area contributed by atoms with Gasteiger partial charge in [0.15, 0.2) is 5.65 Å². The van der Waals surface area contributed by atoms with Gasteiger partial charge in [-0.1, -0.05) is 15.9 Å². The molecule has 4 heterocycles. The Labute approximate surface area is 186 Å². The molecule has 2 atom stereocenters. The SMILES string of the molecule is [C-]#[N+]C1CC2CCC(C1)N2c1nc(C)nc2c1c(C)cn2-c1c(C)cc(Br)cc1C. The van der Waals surface area contributed by atoms with E-state index < -0.39 is 0 Å². The van der Waals surface area contributed by atoms with E-state index in [1.54, 1.807) is 0 Å². The predicted molar refractivity (Wildman–Crippen MR) is 124 cm³/mol. The molecule has 0 amide bonds. The summed E-state index contributed by atoms with van der Waals surface area (Å²) in [5, 5.41) is 1.15. The van der Waals surface area contributed by atoms with Gasteiger partial charge in [-0.05, 0) is 69.4 Å². The van der Waals surface area contributed by atoms with Crippen molar-refractivity contribution < 1.29 is 0 Å². The fraction of sp³-hybridized carbons (Fsp3) is 0.458. The number of halogens is 1. The van der Waals surface area contributed by atoms with Crippen molar-refractivity contribution in [1.29, 1.82) is 0 Å². The Balaban J connectivity index is 1.72. The molecule has 2 aliphatic heterocycles. The molecule has 2 saturated heterocycles. The van der Waals surface area contributed by atoms with Gasteiger partial charge in [0, 0.05) is 35.6 Å². The summed E-state index contributed by atoms with van der Waals surface area (Å²) in [6.45, 7) is 16.0. The lowest BCUT2D eigenvalue weighted by molar-refractivity contribution is 0.445. The predicted octanol–water partition coefficient (Wildman–Crippen LogP) is 5.84. The molecule has 154 valence electrons. The zero-order valence-electron chi connectivity index (χ0n) is 17.9. The number of hydrogen-bond acceptors (Lipinski definition) is 3. The first kappa shape index (κ1) is 19.6. The van der Waals surface area contributed by atoms with Gasteiger partial charge in [0.05, 0.1) is 11.1 Å². The van der Waals surface area contributed by atoms with Crippen LogP contribution in [0.1, 0.15) is 48.2 Å². The van der Waals surface area contributed by atoms with Gasteiger partial charge in [0.25, 0.3) is 0 Å². The molecule has 2 aromatic heterocycles. The van der Waals surface area contributed by atoms with E-state index in [0.717, 1.165) is 52.8 Å². The van der Waals surface area contributed by atoms with Gasteiger partial charge in [-0.2, -0.15) is 0 Å². The maximum absolute atomic E-state index is 7.50. The molecule has 0 spiro atoms. The fourth-order valence-corrected chi connectivity index (χ4v) is 6.32. The Kier molecular flexibility index (Phi) is 4.62. The molecule has 1 aromatic carbocycles. The van der Waals surface area contributed by atoms with Crippen LogP contribution in [0.2, 0.25) is 0 Å². The van der Waals surface area contributed by atoms with Crippen LogP contribution >= 0.6 is 15.9 Å². The van der Waals surface area contributed by atoms with Crippen molar-refractivity contribution in [2.24, 2.45) is 0 Å². The smallest absolute Gasteiger partial charge is 0.227 e. The minimum atomic E-state index is 0.163. The normalized spacial score (nSPS) is 23.2. The second-order valence-electron chi connectivity index (χ2n) is 8.91. The largest absolute Gasteiger partial charge is 0.349 e. The summed E-state index contributed by atoms with van der Waals surface area (Å²) < 4.78 is 3.34. The molecular formula is C24H26BrN5. The lowest BCUT2D eigenvalue weighted by Gasteiger charge is -2.36. The highest BCUT2D eigenvalue weighted by molar-refractivity contribution is 9.10. The van der Waals surface area contributed by atoms with E-state index in [2.05, 4.69) is 69.3 Å². The molecule has 0 radical (unpaired) electrons. The summed E-state index contributed by atoms with van der Waals surface area (Å²) >= 11 is 3.62. The number of aryl methyl sites for hydroxylation is 4. The van der Waals surface area contributed by atoms with E-state index >= 15 is 0 Å². The molecule has 2 unspecified atom stereocenters. The van der Waals surface area contributed by atoms with Gasteiger partial charge in [-0.15, -0.1) is 0 Å². The molecule has 0 saturated carbocycles. The zero-order chi connectivity index (χ0) is 21.2. The minimum Gasteiger partial charge on any atom is -0.349 e. The molecule has 6 heteroatoms. The maximum atomic E-state index is 7.50. The second-order valence-corrected chi connectivity index (χ2v) is 9.83. The molecule has 2 fully saturated rings. The Morgan fingerprint density at radius 3 is 2.23 bits per heavy atom. The number of nitrogens with zero attached hydrogens (tertiary/aromatic N) is 5. The Bertz CT molecular complexity index is 1170. The van der Waals surface area contributed by atoms with Crippen LogP contribution in [0.25, 0.3) is 21.6 Å². The molecule has 0 aliphatic carbocycles. The van der Waals surface area contributed by atoms with Gasteiger partial charge in [-0.3, -0.25) is 0 Å². The third kappa shape index (κ3) is 2.94. The second kappa shape index (κ2) is 7.09. The number of aromatic nitrogens is 3. The Morgan fingerprint density at radius 2 is 1.63 bits per heavy atom. The number of anilines is 1. The van der Waals surface area contributed by atoms with Crippen LogP contribution in [0, 0.1) is 34.3 Å². The Morgan fingerprint density at radius 1 is 1.00 bits per heavy atom. The maximum Gasteiger partial charge on any atom is 0.227 e. The Hall–Kier alpha value is -2.39. The zero-order valence-corrected chi connectivity index (χ0v) is 19.5. The number of piperidine rings is 1. The highest BCUT2D eigenvalue weighted by Crippen LogP contribution is 2.43. The summed E-state index contributed by atoms with van der Waals surface area (Å²) in [6, 6.07) is 5.32. The fourth-order valence-electron chi connectivity index (χ4n) is 5.63. The van der Waals surface area contributed by atoms with E-state index in [4.69, 9.17) is 16.5 Å². The van der Waals surface area contributed by atoms with E-state index in [-0.39, 0.29) is 6.04 Å². The molecule has 0 N–H and O–H groups in total. The monoisotopic (exact) mass is 463 g/mol. The van der Waals surface area contributed by atoms with Crippen LogP contribution in [0.15, 0.2) is 22.8 Å². The van der Waals surface area contributed by atoms with Crippen molar-refractivity contribution in [2.45, 2.75) is 71.5 Å². The van der Waals surface area contributed by atoms with E-state index in [0.29, 0.717) is 12.1 Å². The first-order chi connectivity index (χ1) is 14.4. The topological polar surface area (TPSA) is 38.3 Å². The van der Waals surface area contributed by atoms with Crippen molar-refractivity contribution in [3.63, 3.8) is 0 Å².